The molecule has 1 fully saturated rings. The first-order valence-electron chi connectivity index (χ1n) is 13.8. The number of aromatic nitrogens is 1. The van der Waals surface area contributed by atoms with Crippen LogP contribution in [0.3, 0.4) is 0 Å². The lowest BCUT2D eigenvalue weighted by atomic mass is 9.81. The summed E-state index contributed by atoms with van der Waals surface area (Å²) in [6, 6.07) is 7.37. The summed E-state index contributed by atoms with van der Waals surface area (Å²) in [5, 5.41) is 10.1. The van der Waals surface area contributed by atoms with Crippen LogP contribution in [0.2, 0.25) is 0 Å². The van der Waals surface area contributed by atoms with Gasteiger partial charge < -0.3 is 10.0 Å². The van der Waals surface area contributed by atoms with Gasteiger partial charge in [-0.15, -0.1) is 11.3 Å². The molecule has 2 aromatic heterocycles. The zero-order valence-corrected chi connectivity index (χ0v) is 24.1. The van der Waals surface area contributed by atoms with E-state index >= 15 is 0 Å². The Morgan fingerprint density at radius 1 is 1.21 bits per heavy atom. The summed E-state index contributed by atoms with van der Waals surface area (Å²) in [5.41, 5.74) is 5.11. The van der Waals surface area contributed by atoms with E-state index in [4.69, 9.17) is 4.84 Å². The van der Waals surface area contributed by atoms with Crippen molar-refractivity contribution in [2.75, 3.05) is 4.90 Å². The van der Waals surface area contributed by atoms with Crippen molar-refractivity contribution in [3.63, 3.8) is 0 Å². The van der Waals surface area contributed by atoms with Gasteiger partial charge in [-0.3, -0.25) is 20.1 Å². The Balaban J connectivity index is 1.56. The summed E-state index contributed by atoms with van der Waals surface area (Å²) >= 11 is 1.15. The number of anilines is 1. The number of carboxylic acids is 1. The van der Waals surface area contributed by atoms with E-state index in [0.29, 0.717) is 42.4 Å². The van der Waals surface area contributed by atoms with Crippen LogP contribution in [0.15, 0.2) is 42.2 Å². The fourth-order valence-corrected chi connectivity index (χ4v) is 5.90. The third kappa shape index (κ3) is 7.93. The van der Waals surface area contributed by atoms with E-state index in [-0.39, 0.29) is 28.2 Å². The van der Waals surface area contributed by atoms with Gasteiger partial charge in [0.15, 0.2) is 0 Å². The smallest absolute Gasteiger partial charge is 0.348 e. The lowest BCUT2D eigenvalue weighted by Gasteiger charge is -2.37. The summed E-state index contributed by atoms with van der Waals surface area (Å²) in [6.45, 7) is 8.64. The number of carbonyl (C=O) groups is 2. The Bertz CT molecular complexity index is 1240. The maximum Gasteiger partial charge on any atom is 0.348 e. The van der Waals surface area contributed by atoms with Crippen LogP contribution in [0.25, 0.3) is 0 Å². The molecule has 0 saturated heterocycles. The number of pyridine rings is 1. The van der Waals surface area contributed by atoms with E-state index in [1.165, 1.54) is 0 Å². The van der Waals surface area contributed by atoms with Gasteiger partial charge in [0.1, 0.15) is 11.5 Å². The normalized spacial score (nSPS) is 21.3. The predicted molar refractivity (Wildman–Crippen MR) is 154 cm³/mol. The minimum atomic E-state index is -1.02. The fraction of sp³-hybridized carbons (Fsp3) is 0.516. The van der Waals surface area contributed by atoms with Crippen LogP contribution in [-0.2, 0) is 16.2 Å². The molecule has 39 heavy (non-hydrogen) atoms. The van der Waals surface area contributed by atoms with Gasteiger partial charge in [0.25, 0.3) is 0 Å². The number of nitrogens with one attached hydrogen (secondary N) is 1. The minimum Gasteiger partial charge on any atom is -0.477 e. The second kappa shape index (κ2) is 12.8. The SMILES string of the molecule is CC1CCC(C(=O)N(c2cc(C#CC(C)(C)C)sc2C(=O)O)C2CC=C(NOCc3ccccn3)CC2)CC1. The highest BCUT2D eigenvalue weighted by Gasteiger charge is 2.36. The molecule has 7 nitrogen and oxygen atoms in total. The average Bonchev–Trinajstić information content (AvgIpc) is 3.33. The van der Waals surface area contributed by atoms with Crippen molar-refractivity contribution in [1.82, 2.24) is 10.5 Å². The van der Waals surface area contributed by atoms with E-state index in [9.17, 15) is 14.7 Å². The third-order valence-electron chi connectivity index (χ3n) is 7.23. The number of amides is 1. The molecule has 0 spiro atoms. The van der Waals surface area contributed by atoms with Gasteiger partial charge in [-0.2, -0.15) is 0 Å². The van der Waals surface area contributed by atoms with Crippen molar-refractivity contribution < 1.29 is 19.5 Å². The number of allylic oxidation sites excluding steroid dienone is 1. The van der Waals surface area contributed by atoms with Gasteiger partial charge in [0, 0.05) is 29.3 Å². The van der Waals surface area contributed by atoms with Crippen molar-refractivity contribution >= 4 is 28.9 Å². The highest BCUT2D eigenvalue weighted by atomic mass is 32.1. The van der Waals surface area contributed by atoms with Crippen LogP contribution < -0.4 is 10.4 Å². The Morgan fingerprint density at radius 2 is 1.97 bits per heavy atom. The van der Waals surface area contributed by atoms with Crippen LogP contribution in [0.4, 0.5) is 5.69 Å². The minimum absolute atomic E-state index is 0.0405. The maximum atomic E-state index is 14.0. The number of nitrogens with zero attached hydrogens (tertiary/aromatic N) is 2. The molecular formula is C31H39N3O4S. The summed E-state index contributed by atoms with van der Waals surface area (Å²) in [5.74, 6) is 5.90. The predicted octanol–water partition coefficient (Wildman–Crippen LogP) is 6.56. The maximum absolute atomic E-state index is 14.0. The highest BCUT2D eigenvalue weighted by molar-refractivity contribution is 7.15. The number of carboxylic acid groups (broad SMARTS) is 1. The summed E-state index contributed by atoms with van der Waals surface area (Å²) in [4.78, 5) is 38.9. The van der Waals surface area contributed by atoms with E-state index in [2.05, 4.69) is 35.3 Å². The monoisotopic (exact) mass is 549 g/mol. The van der Waals surface area contributed by atoms with Crippen molar-refractivity contribution in [3.8, 4) is 11.8 Å². The molecule has 1 amide bonds. The molecule has 8 heteroatoms. The molecule has 2 N–H and O–H groups in total. The second-order valence-corrected chi connectivity index (χ2v) is 12.7. The van der Waals surface area contributed by atoms with Crippen LogP contribution in [0, 0.1) is 29.1 Å². The standard InChI is InChI=1S/C31H39N3O4S/c1-21-8-10-22(11-9-21)29(35)34(27-19-26(16-17-31(2,3)4)39-28(27)30(36)37)25-14-12-23(13-15-25)33-38-20-24-7-5-6-18-32-24/h5-7,12,18-19,21-22,25,33H,8-11,13-15,20H2,1-4H3,(H,36,37). The van der Waals surface area contributed by atoms with Crippen LogP contribution in [-0.4, -0.2) is 28.0 Å². The van der Waals surface area contributed by atoms with E-state index in [1.807, 2.05) is 45.0 Å². The Labute approximate surface area is 235 Å². The highest BCUT2D eigenvalue weighted by Crippen LogP contribution is 2.38. The van der Waals surface area contributed by atoms with Crippen molar-refractivity contribution in [1.29, 1.82) is 0 Å². The molecule has 1 atom stereocenters. The van der Waals surface area contributed by atoms with Gasteiger partial charge in [-0.25, -0.2) is 4.79 Å². The van der Waals surface area contributed by atoms with Gasteiger partial charge in [-0.1, -0.05) is 30.9 Å². The molecule has 0 aromatic carbocycles. The first-order chi connectivity index (χ1) is 18.6. The molecule has 2 heterocycles. The van der Waals surface area contributed by atoms with Crippen molar-refractivity contribution in [2.45, 2.75) is 85.3 Å². The number of thiophene rings is 1. The van der Waals surface area contributed by atoms with Crippen LogP contribution in [0.1, 0.15) is 92.9 Å². The molecule has 0 radical (unpaired) electrons. The first kappa shape index (κ1) is 28.8. The van der Waals surface area contributed by atoms with E-state index in [1.54, 1.807) is 11.1 Å². The lowest BCUT2D eigenvalue weighted by Crippen LogP contribution is -2.46. The van der Waals surface area contributed by atoms with Gasteiger partial charge >= 0.3 is 5.97 Å². The van der Waals surface area contributed by atoms with Crippen LogP contribution >= 0.6 is 11.3 Å². The zero-order valence-electron chi connectivity index (χ0n) is 23.3. The van der Waals surface area contributed by atoms with Crippen molar-refractivity contribution in [3.05, 3.63) is 57.7 Å². The number of hydrogen-bond donors (Lipinski definition) is 2. The van der Waals surface area contributed by atoms with Gasteiger partial charge in [-0.05, 0) is 89.8 Å². The molecule has 4 rings (SSSR count). The van der Waals surface area contributed by atoms with E-state index < -0.39 is 5.97 Å². The van der Waals surface area contributed by atoms with Gasteiger partial charge in [0.2, 0.25) is 5.91 Å². The number of hydroxylamine groups is 1. The molecule has 0 aliphatic heterocycles. The quantitative estimate of drug-likeness (QED) is 0.286. The lowest BCUT2D eigenvalue weighted by molar-refractivity contribution is -0.124. The molecule has 208 valence electrons. The topological polar surface area (TPSA) is 91.8 Å². The Kier molecular flexibility index (Phi) is 9.47. The number of aromatic carboxylic acids is 1. The molecule has 1 saturated carbocycles. The molecule has 1 unspecified atom stereocenters. The number of carbonyl (C=O) groups excluding carboxylic acids is 1. The Hall–Kier alpha value is -3.15. The molecule has 0 bridgehead atoms. The zero-order chi connectivity index (χ0) is 28.0. The van der Waals surface area contributed by atoms with Crippen LogP contribution in [0.5, 0.6) is 0 Å². The summed E-state index contributed by atoms with van der Waals surface area (Å²) in [6.07, 6.45) is 9.54. The first-order valence-corrected chi connectivity index (χ1v) is 14.6. The number of hydrogen-bond acceptors (Lipinski definition) is 6. The molecule has 2 aliphatic carbocycles. The molecular weight excluding hydrogens is 510 g/mol. The van der Waals surface area contributed by atoms with E-state index in [0.717, 1.165) is 48.4 Å². The summed E-state index contributed by atoms with van der Waals surface area (Å²) in [7, 11) is 0. The average molecular weight is 550 g/mol. The van der Waals surface area contributed by atoms with Crippen molar-refractivity contribution in [2.24, 2.45) is 17.3 Å². The van der Waals surface area contributed by atoms with Gasteiger partial charge in [0.05, 0.1) is 16.3 Å². The number of rotatable bonds is 8. The largest absolute Gasteiger partial charge is 0.477 e. The Morgan fingerprint density at radius 3 is 2.59 bits per heavy atom. The third-order valence-corrected chi connectivity index (χ3v) is 8.26. The molecule has 2 aromatic rings. The summed E-state index contributed by atoms with van der Waals surface area (Å²) < 4.78 is 0. The second-order valence-electron chi connectivity index (χ2n) is 11.7. The fourth-order valence-electron chi connectivity index (χ4n) is 5.06. The molecule has 2 aliphatic rings.